The van der Waals surface area contributed by atoms with Crippen LogP contribution in [0, 0.1) is 11.8 Å². The van der Waals surface area contributed by atoms with Crippen LogP contribution in [0.3, 0.4) is 0 Å². The third-order valence-corrected chi connectivity index (χ3v) is 5.57. The van der Waals surface area contributed by atoms with E-state index in [0.29, 0.717) is 11.8 Å². The first-order valence-electron chi connectivity index (χ1n) is 7.56. The van der Waals surface area contributed by atoms with Gasteiger partial charge in [-0.1, -0.05) is 13.0 Å². The molecule has 19 heavy (non-hydrogen) atoms. The van der Waals surface area contributed by atoms with Gasteiger partial charge in [-0.2, -0.15) is 0 Å². The van der Waals surface area contributed by atoms with E-state index in [2.05, 4.69) is 23.3 Å². The van der Waals surface area contributed by atoms with E-state index in [0.717, 1.165) is 37.9 Å². The Morgan fingerprint density at radius 3 is 3.21 bits per heavy atom. The predicted molar refractivity (Wildman–Crippen MR) is 73.7 cm³/mol. The Morgan fingerprint density at radius 1 is 1.42 bits per heavy atom. The first-order valence-corrected chi connectivity index (χ1v) is 7.56. The van der Waals surface area contributed by atoms with Crippen LogP contribution in [0.4, 0.5) is 0 Å². The Balaban J connectivity index is 1.94. The molecule has 3 heteroatoms. The molecule has 2 N–H and O–H groups in total. The van der Waals surface area contributed by atoms with Gasteiger partial charge in [0.2, 0.25) is 0 Å². The van der Waals surface area contributed by atoms with E-state index in [9.17, 15) is 5.11 Å². The van der Waals surface area contributed by atoms with E-state index in [1.807, 2.05) is 12.3 Å². The SMILES string of the molecule is CC1C[C@@]2(O)Cc3ncccc3[C@]3(C1)NCCC[C@H]23. The van der Waals surface area contributed by atoms with Crippen LogP contribution in [-0.2, 0) is 12.0 Å². The highest BCUT2D eigenvalue weighted by atomic mass is 16.3. The molecule has 0 spiro atoms. The Hall–Kier alpha value is -0.930. The number of hydrogen-bond acceptors (Lipinski definition) is 3. The van der Waals surface area contributed by atoms with Gasteiger partial charge in [0.15, 0.2) is 0 Å². The van der Waals surface area contributed by atoms with Gasteiger partial charge in [0.25, 0.3) is 0 Å². The quantitative estimate of drug-likeness (QED) is 0.748. The maximum absolute atomic E-state index is 11.2. The molecule has 4 atom stereocenters. The van der Waals surface area contributed by atoms with Crippen LogP contribution in [0.5, 0.6) is 0 Å². The fraction of sp³-hybridized carbons (Fsp3) is 0.688. The highest BCUT2D eigenvalue weighted by Crippen LogP contribution is 2.56. The minimum absolute atomic E-state index is 0.0213. The zero-order valence-electron chi connectivity index (χ0n) is 11.5. The molecule has 2 fully saturated rings. The molecule has 0 amide bonds. The second-order valence-corrected chi connectivity index (χ2v) is 6.88. The molecule has 3 aliphatic rings. The third kappa shape index (κ3) is 1.49. The summed E-state index contributed by atoms with van der Waals surface area (Å²) in [5, 5.41) is 15.0. The number of nitrogens with one attached hydrogen (secondary N) is 1. The lowest BCUT2D eigenvalue weighted by atomic mass is 9.52. The average molecular weight is 258 g/mol. The summed E-state index contributed by atoms with van der Waals surface area (Å²) in [5.74, 6) is 0.932. The maximum Gasteiger partial charge on any atom is 0.0754 e. The third-order valence-electron chi connectivity index (χ3n) is 5.57. The van der Waals surface area contributed by atoms with Gasteiger partial charge in [-0.15, -0.1) is 0 Å². The van der Waals surface area contributed by atoms with Crippen molar-refractivity contribution in [2.45, 2.75) is 50.2 Å². The lowest BCUT2D eigenvalue weighted by molar-refractivity contribution is -0.134. The number of aliphatic hydroxyl groups is 1. The van der Waals surface area contributed by atoms with Crippen molar-refractivity contribution in [1.82, 2.24) is 10.3 Å². The highest BCUT2D eigenvalue weighted by Gasteiger charge is 2.60. The standard InChI is InChI=1S/C16H22N2O/c1-11-8-15(19)10-13-12(4-2-6-17-13)16(9-11)14(15)5-3-7-18-16/h2,4,6,11,14,18-19H,3,5,7-10H2,1H3/t11?,14-,15-,16+/m1/s1. The second-order valence-electron chi connectivity index (χ2n) is 6.88. The molecular formula is C16H22N2O. The first-order chi connectivity index (χ1) is 9.14. The van der Waals surface area contributed by atoms with Gasteiger partial charge in [-0.3, -0.25) is 4.98 Å². The molecule has 1 aromatic heterocycles. The Labute approximate surface area is 114 Å². The van der Waals surface area contributed by atoms with Crippen LogP contribution in [0.15, 0.2) is 18.3 Å². The molecule has 1 aromatic rings. The maximum atomic E-state index is 11.2. The van der Waals surface area contributed by atoms with Crippen LogP contribution >= 0.6 is 0 Å². The van der Waals surface area contributed by atoms with Gasteiger partial charge in [0, 0.05) is 24.2 Å². The summed E-state index contributed by atoms with van der Waals surface area (Å²) in [6.07, 6.45) is 6.99. The van der Waals surface area contributed by atoms with Gasteiger partial charge < -0.3 is 10.4 Å². The molecule has 0 aromatic carbocycles. The van der Waals surface area contributed by atoms with Crippen molar-refractivity contribution in [2.24, 2.45) is 11.8 Å². The number of piperidine rings is 1. The molecule has 0 radical (unpaired) electrons. The molecule has 1 unspecified atom stereocenters. The van der Waals surface area contributed by atoms with E-state index < -0.39 is 5.60 Å². The fourth-order valence-electron chi connectivity index (χ4n) is 5.16. The summed E-state index contributed by atoms with van der Waals surface area (Å²) < 4.78 is 0. The van der Waals surface area contributed by atoms with E-state index in [1.54, 1.807) is 0 Å². The molecule has 1 saturated heterocycles. The van der Waals surface area contributed by atoms with E-state index in [1.165, 1.54) is 12.0 Å². The molecule has 2 bridgehead atoms. The molecule has 102 valence electrons. The molecule has 2 heterocycles. The van der Waals surface area contributed by atoms with Gasteiger partial charge in [-0.05, 0) is 49.8 Å². The van der Waals surface area contributed by atoms with Gasteiger partial charge in [0.05, 0.1) is 11.1 Å². The van der Waals surface area contributed by atoms with Crippen molar-refractivity contribution in [3.63, 3.8) is 0 Å². The van der Waals surface area contributed by atoms with Crippen molar-refractivity contribution in [3.8, 4) is 0 Å². The zero-order chi connectivity index (χ0) is 13.1. The largest absolute Gasteiger partial charge is 0.389 e. The lowest BCUT2D eigenvalue weighted by Gasteiger charge is -2.60. The fourth-order valence-corrected chi connectivity index (χ4v) is 5.16. The van der Waals surface area contributed by atoms with Gasteiger partial charge in [-0.25, -0.2) is 0 Å². The van der Waals surface area contributed by atoms with Crippen LogP contribution in [0.1, 0.15) is 43.9 Å². The Bertz CT molecular complexity index is 517. The van der Waals surface area contributed by atoms with Crippen LogP contribution in [0.2, 0.25) is 0 Å². The molecule has 1 saturated carbocycles. The number of aromatic nitrogens is 1. The summed E-state index contributed by atoms with van der Waals surface area (Å²) in [5.41, 5.74) is 1.90. The van der Waals surface area contributed by atoms with Crippen molar-refractivity contribution in [1.29, 1.82) is 0 Å². The summed E-state index contributed by atoms with van der Waals surface area (Å²) >= 11 is 0. The summed E-state index contributed by atoms with van der Waals surface area (Å²) in [6.45, 7) is 3.34. The van der Waals surface area contributed by atoms with Crippen molar-refractivity contribution >= 4 is 0 Å². The van der Waals surface area contributed by atoms with E-state index in [-0.39, 0.29) is 5.54 Å². The molecule has 4 rings (SSSR count). The summed E-state index contributed by atoms with van der Waals surface area (Å²) in [6, 6.07) is 4.27. The monoisotopic (exact) mass is 258 g/mol. The van der Waals surface area contributed by atoms with E-state index >= 15 is 0 Å². The van der Waals surface area contributed by atoms with Gasteiger partial charge >= 0.3 is 0 Å². The minimum atomic E-state index is -0.549. The summed E-state index contributed by atoms with van der Waals surface area (Å²) in [4.78, 5) is 4.56. The van der Waals surface area contributed by atoms with Crippen molar-refractivity contribution in [2.75, 3.05) is 6.54 Å². The highest BCUT2D eigenvalue weighted by molar-refractivity contribution is 5.38. The molecular weight excluding hydrogens is 236 g/mol. The summed E-state index contributed by atoms with van der Waals surface area (Å²) in [7, 11) is 0. The van der Waals surface area contributed by atoms with Crippen LogP contribution in [-0.4, -0.2) is 22.2 Å². The lowest BCUT2D eigenvalue weighted by Crippen LogP contribution is -2.67. The average Bonchev–Trinajstić information content (AvgIpc) is 2.37. The number of nitrogens with zero attached hydrogens (tertiary/aromatic N) is 1. The van der Waals surface area contributed by atoms with Gasteiger partial charge in [0.1, 0.15) is 0 Å². The Kier molecular flexibility index (Phi) is 2.37. The zero-order valence-corrected chi connectivity index (χ0v) is 11.5. The van der Waals surface area contributed by atoms with Crippen LogP contribution in [0.25, 0.3) is 0 Å². The Morgan fingerprint density at radius 2 is 2.32 bits per heavy atom. The smallest absolute Gasteiger partial charge is 0.0754 e. The number of rotatable bonds is 0. The van der Waals surface area contributed by atoms with Crippen molar-refractivity contribution in [3.05, 3.63) is 29.6 Å². The predicted octanol–water partition coefficient (Wildman–Crippen LogP) is 1.99. The van der Waals surface area contributed by atoms with Crippen LogP contribution < -0.4 is 5.32 Å². The molecule has 3 nitrogen and oxygen atoms in total. The topological polar surface area (TPSA) is 45.2 Å². The van der Waals surface area contributed by atoms with Crippen molar-refractivity contribution < 1.29 is 5.11 Å². The molecule has 2 aliphatic carbocycles. The molecule has 1 aliphatic heterocycles. The number of fused-ring (bicyclic) bond motifs is 1. The number of hydrogen-bond donors (Lipinski definition) is 2. The first kappa shape index (κ1) is 11.9. The number of pyridine rings is 1. The second kappa shape index (κ2) is 3.80. The normalized spacial score (nSPS) is 44.3. The minimum Gasteiger partial charge on any atom is -0.389 e. The van der Waals surface area contributed by atoms with E-state index in [4.69, 9.17) is 0 Å².